The number of hydrogen-bond acceptors (Lipinski definition) is 6. The minimum absolute atomic E-state index is 0.155. The number of carboxylic acids is 1. The number of hydroxylamine groups is 1. The average molecular weight is 382 g/mol. The van der Waals surface area contributed by atoms with Gasteiger partial charge in [0.15, 0.2) is 0 Å². The second-order valence-electron chi connectivity index (χ2n) is 6.12. The maximum absolute atomic E-state index is 12.5. The van der Waals surface area contributed by atoms with Crippen LogP contribution in [0.5, 0.6) is 0 Å². The highest BCUT2D eigenvalue weighted by Gasteiger charge is 2.28. The number of hydrogen-bond donors (Lipinski definition) is 4. The number of aryl methyl sites for hydroxylation is 2. The number of fused-ring (bicyclic) bond motifs is 3. The van der Waals surface area contributed by atoms with Gasteiger partial charge in [0, 0.05) is 23.4 Å². The first-order valence-corrected chi connectivity index (χ1v) is 9.52. The van der Waals surface area contributed by atoms with Gasteiger partial charge in [0.2, 0.25) is 10.0 Å². The fourth-order valence-electron chi connectivity index (χ4n) is 3.11. The number of amides is 1. The van der Waals surface area contributed by atoms with Gasteiger partial charge in [-0.3, -0.25) is 14.8 Å². The summed E-state index contributed by atoms with van der Waals surface area (Å²) in [5.74, 6) is -1.70. The molecule has 1 heterocycles. The van der Waals surface area contributed by atoms with Gasteiger partial charge in [-0.15, -0.1) is 0 Å². The minimum Gasteiger partial charge on any atom is -0.481 e. The largest absolute Gasteiger partial charge is 0.481 e. The molecule has 0 bridgehead atoms. The summed E-state index contributed by atoms with van der Waals surface area (Å²) < 4.78 is 32.8. The molecule has 2 aromatic rings. The van der Waals surface area contributed by atoms with Gasteiger partial charge in [0.05, 0.1) is 11.3 Å². The molecule has 0 radical (unpaired) electrons. The molecule has 0 saturated carbocycles. The Kier molecular flexibility index (Phi) is 4.99. The standard InChI is InChI=1S/C16H18N2O7S/c19-15(20)8-12(16(21)17-22)18-26(23,24)9-5-6-11-10-3-1-2-4-13(10)25-14(11)7-9/h5-7,12,18,22H,1-4,8H2,(H,17,21)(H,19,20)/t12-/m0/s1. The molecule has 1 amide bonds. The SMILES string of the molecule is O=C(O)C[C@H](NS(=O)(=O)c1ccc2c3c(oc2c1)CCCC3)C(=O)NO. The molecule has 1 aromatic heterocycles. The van der Waals surface area contributed by atoms with Gasteiger partial charge in [-0.05, 0) is 31.4 Å². The summed E-state index contributed by atoms with van der Waals surface area (Å²) in [6.45, 7) is 0. The third-order valence-corrected chi connectivity index (χ3v) is 5.81. The first kappa shape index (κ1) is 18.4. The number of nitrogens with one attached hydrogen (secondary N) is 2. The predicted molar refractivity (Wildman–Crippen MR) is 89.1 cm³/mol. The van der Waals surface area contributed by atoms with Crippen molar-refractivity contribution in [1.82, 2.24) is 10.2 Å². The van der Waals surface area contributed by atoms with Crippen LogP contribution in [0.2, 0.25) is 0 Å². The van der Waals surface area contributed by atoms with E-state index in [1.165, 1.54) is 17.6 Å². The second kappa shape index (κ2) is 7.06. The molecule has 9 nitrogen and oxygen atoms in total. The Morgan fingerprint density at radius 3 is 2.65 bits per heavy atom. The van der Waals surface area contributed by atoms with Crippen molar-refractivity contribution >= 4 is 32.9 Å². The zero-order valence-corrected chi connectivity index (χ0v) is 14.5. The van der Waals surface area contributed by atoms with E-state index < -0.39 is 34.4 Å². The number of sulfonamides is 1. The Hall–Kier alpha value is -2.43. The van der Waals surface area contributed by atoms with Crippen molar-refractivity contribution in [3.8, 4) is 0 Å². The molecule has 0 saturated heterocycles. The molecule has 0 spiro atoms. The highest BCUT2D eigenvalue weighted by atomic mass is 32.2. The van der Waals surface area contributed by atoms with Crippen LogP contribution in [0.15, 0.2) is 27.5 Å². The normalized spacial score (nSPS) is 15.4. The fraction of sp³-hybridized carbons (Fsp3) is 0.375. The number of carboxylic acid groups (broad SMARTS) is 1. The number of carbonyl (C=O) groups excluding carboxylic acids is 1. The van der Waals surface area contributed by atoms with E-state index in [0.29, 0.717) is 5.58 Å². The topological polar surface area (TPSA) is 146 Å². The first-order valence-electron chi connectivity index (χ1n) is 8.04. The van der Waals surface area contributed by atoms with E-state index in [-0.39, 0.29) is 4.90 Å². The van der Waals surface area contributed by atoms with Crippen molar-refractivity contribution in [3.63, 3.8) is 0 Å². The molecule has 0 aliphatic heterocycles. The smallest absolute Gasteiger partial charge is 0.305 e. The van der Waals surface area contributed by atoms with Gasteiger partial charge in [-0.1, -0.05) is 0 Å². The lowest BCUT2D eigenvalue weighted by atomic mass is 9.96. The molecule has 1 aliphatic rings. The first-order chi connectivity index (χ1) is 12.3. The van der Waals surface area contributed by atoms with Crippen molar-refractivity contribution in [1.29, 1.82) is 0 Å². The van der Waals surface area contributed by atoms with Gasteiger partial charge in [-0.25, -0.2) is 13.9 Å². The van der Waals surface area contributed by atoms with Crippen molar-refractivity contribution in [3.05, 3.63) is 29.5 Å². The van der Waals surface area contributed by atoms with Crippen LogP contribution < -0.4 is 10.2 Å². The van der Waals surface area contributed by atoms with E-state index in [0.717, 1.165) is 42.4 Å². The van der Waals surface area contributed by atoms with Gasteiger partial charge >= 0.3 is 5.97 Å². The van der Waals surface area contributed by atoms with Gasteiger partial charge in [0.1, 0.15) is 17.4 Å². The summed E-state index contributed by atoms with van der Waals surface area (Å²) in [6, 6.07) is 2.73. The van der Waals surface area contributed by atoms with Crippen LogP contribution in [0.1, 0.15) is 30.6 Å². The maximum atomic E-state index is 12.5. The lowest BCUT2D eigenvalue weighted by molar-refractivity contribution is -0.141. The number of benzene rings is 1. The fourth-order valence-corrected chi connectivity index (χ4v) is 4.32. The van der Waals surface area contributed by atoms with Crippen LogP contribution in [0.4, 0.5) is 0 Å². The zero-order valence-electron chi connectivity index (χ0n) is 13.7. The zero-order chi connectivity index (χ0) is 18.9. The van der Waals surface area contributed by atoms with Gasteiger partial charge < -0.3 is 9.52 Å². The van der Waals surface area contributed by atoms with Crippen LogP contribution in [0.3, 0.4) is 0 Å². The second-order valence-corrected chi connectivity index (χ2v) is 7.83. The Balaban J connectivity index is 1.93. The molecule has 0 unspecified atom stereocenters. The molecule has 1 atom stereocenters. The summed E-state index contributed by atoms with van der Waals surface area (Å²) >= 11 is 0. The molecule has 3 rings (SSSR count). The predicted octanol–water partition coefficient (Wildman–Crippen LogP) is 0.939. The van der Waals surface area contributed by atoms with Gasteiger partial charge in [0.25, 0.3) is 5.91 Å². The highest BCUT2D eigenvalue weighted by molar-refractivity contribution is 7.89. The summed E-state index contributed by atoms with van der Waals surface area (Å²) in [5.41, 5.74) is 2.78. The molecule has 26 heavy (non-hydrogen) atoms. The monoisotopic (exact) mass is 382 g/mol. The summed E-state index contributed by atoms with van der Waals surface area (Å²) in [4.78, 5) is 22.2. The Labute approximate surface area is 149 Å². The molecule has 4 N–H and O–H groups in total. The Morgan fingerprint density at radius 2 is 1.96 bits per heavy atom. The van der Waals surface area contributed by atoms with Crippen molar-refractivity contribution in [2.45, 2.75) is 43.0 Å². The average Bonchev–Trinajstić information content (AvgIpc) is 2.97. The van der Waals surface area contributed by atoms with Crippen molar-refractivity contribution < 1.29 is 32.7 Å². The van der Waals surface area contributed by atoms with E-state index in [2.05, 4.69) is 0 Å². The Morgan fingerprint density at radius 1 is 1.23 bits per heavy atom. The number of carbonyl (C=O) groups is 2. The Bertz CT molecular complexity index is 964. The van der Waals surface area contributed by atoms with E-state index in [9.17, 15) is 18.0 Å². The van der Waals surface area contributed by atoms with Crippen LogP contribution in [0, 0.1) is 0 Å². The summed E-state index contributed by atoms with van der Waals surface area (Å²) in [6.07, 6.45) is 2.94. The molecular weight excluding hydrogens is 364 g/mol. The number of rotatable bonds is 6. The van der Waals surface area contributed by atoms with Crippen molar-refractivity contribution in [2.75, 3.05) is 0 Å². The van der Waals surface area contributed by atoms with E-state index in [1.54, 1.807) is 6.07 Å². The van der Waals surface area contributed by atoms with E-state index in [1.807, 2.05) is 4.72 Å². The number of furan rings is 1. The summed E-state index contributed by atoms with van der Waals surface area (Å²) in [7, 11) is -4.20. The third-order valence-electron chi connectivity index (χ3n) is 4.34. The van der Waals surface area contributed by atoms with Crippen LogP contribution in [0.25, 0.3) is 11.0 Å². The number of aliphatic carboxylic acids is 1. The molecule has 140 valence electrons. The lowest BCUT2D eigenvalue weighted by Gasteiger charge is -2.15. The molecule has 1 aliphatic carbocycles. The lowest BCUT2D eigenvalue weighted by Crippen LogP contribution is -2.46. The highest BCUT2D eigenvalue weighted by Crippen LogP contribution is 2.33. The van der Waals surface area contributed by atoms with E-state index in [4.69, 9.17) is 14.7 Å². The van der Waals surface area contributed by atoms with Crippen molar-refractivity contribution in [2.24, 2.45) is 0 Å². The van der Waals surface area contributed by atoms with E-state index >= 15 is 0 Å². The molecule has 0 fully saturated rings. The molecule has 1 aromatic carbocycles. The van der Waals surface area contributed by atoms with Gasteiger partial charge in [-0.2, -0.15) is 4.72 Å². The minimum atomic E-state index is -4.20. The summed E-state index contributed by atoms with van der Waals surface area (Å²) in [5, 5.41) is 18.4. The molecule has 10 heteroatoms. The van der Waals surface area contributed by atoms with Crippen LogP contribution >= 0.6 is 0 Å². The van der Waals surface area contributed by atoms with Crippen LogP contribution in [-0.4, -0.2) is 36.6 Å². The maximum Gasteiger partial charge on any atom is 0.305 e. The molecular formula is C16H18N2O7S. The third kappa shape index (κ3) is 3.57. The quantitative estimate of drug-likeness (QED) is 0.429. The van der Waals surface area contributed by atoms with Crippen LogP contribution in [-0.2, 0) is 32.5 Å².